The molecule has 4 nitrogen and oxygen atoms in total. The Kier molecular flexibility index (Phi) is 3.22. The highest BCUT2D eigenvalue weighted by molar-refractivity contribution is 5.95. The number of nitrogen functional groups attached to an aromatic ring is 1. The maximum absolute atomic E-state index is 11.8. The quantitative estimate of drug-likeness (QED) is 0.779. The molecule has 0 saturated heterocycles. The van der Waals surface area contributed by atoms with Gasteiger partial charge in [-0.3, -0.25) is 4.79 Å². The molecule has 0 radical (unpaired) electrons. The summed E-state index contributed by atoms with van der Waals surface area (Å²) in [5, 5.41) is 2.92. The van der Waals surface area contributed by atoms with E-state index in [4.69, 9.17) is 10.5 Å². The summed E-state index contributed by atoms with van der Waals surface area (Å²) >= 11 is 0. The first-order valence-corrected chi connectivity index (χ1v) is 5.83. The van der Waals surface area contributed by atoms with E-state index in [0.29, 0.717) is 22.9 Å². The summed E-state index contributed by atoms with van der Waals surface area (Å²) in [6, 6.07) is 5.08. The normalized spacial score (nSPS) is 22.0. The molecule has 1 aliphatic carbocycles. The summed E-state index contributed by atoms with van der Waals surface area (Å²) in [7, 11) is 1.56. The molecular weight excluding hydrogens is 216 g/mol. The first-order chi connectivity index (χ1) is 8.11. The molecule has 2 rings (SSSR count). The van der Waals surface area contributed by atoms with Crippen LogP contribution in [0.1, 0.15) is 23.7 Å². The lowest BCUT2D eigenvalue weighted by Crippen LogP contribution is -2.25. The molecule has 4 heteroatoms. The minimum atomic E-state index is -0.0709. The highest BCUT2D eigenvalue weighted by Gasteiger charge is 2.32. The standard InChI is InChI=1S/C13H18N2O2/c1-8-5-10(8)7-15-13(16)9-3-4-12(17-2)11(14)6-9/h3-4,6,8,10H,5,7,14H2,1-2H3,(H,15,16). The van der Waals surface area contributed by atoms with E-state index < -0.39 is 0 Å². The van der Waals surface area contributed by atoms with E-state index in [-0.39, 0.29) is 5.91 Å². The summed E-state index contributed by atoms with van der Waals surface area (Å²) in [4.78, 5) is 11.8. The van der Waals surface area contributed by atoms with E-state index in [1.165, 1.54) is 6.42 Å². The Bertz CT molecular complexity index is 431. The molecule has 1 aromatic rings. The van der Waals surface area contributed by atoms with Crippen LogP contribution in [0.15, 0.2) is 18.2 Å². The van der Waals surface area contributed by atoms with Crippen LogP contribution in [0.2, 0.25) is 0 Å². The number of anilines is 1. The Morgan fingerprint density at radius 3 is 2.82 bits per heavy atom. The van der Waals surface area contributed by atoms with Crippen molar-refractivity contribution in [1.29, 1.82) is 0 Å². The number of rotatable bonds is 4. The topological polar surface area (TPSA) is 64.3 Å². The van der Waals surface area contributed by atoms with Gasteiger partial charge >= 0.3 is 0 Å². The minimum absolute atomic E-state index is 0.0709. The van der Waals surface area contributed by atoms with E-state index in [0.717, 1.165) is 12.5 Å². The van der Waals surface area contributed by atoms with Crippen LogP contribution in [-0.4, -0.2) is 19.6 Å². The maximum atomic E-state index is 11.8. The second-order valence-corrected chi connectivity index (χ2v) is 4.64. The monoisotopic (exact) mass is 234 g/mol. The zero-order chi connectivity index (χ0) is 12.4. The van der Waals surface area contributed by atoms with Crippen molar-refractivity contribution in [2.45, 2.75) is 13.3 Å². The number of carbonyl (C=O) groups excluding carboxylic acids is 1. The van der Waals surface area contributed by atoms with E-state index in [1.54, 1.807) is 25.3 Å². The summed E-state index contributed by atoms with van der Waals surface area (Å²) in [5.74, 6) is 1.92. The summed E-state index contributed by atoms with van der Waals surface area (Å²) in [6.45, 7) is 2.95. The number of benzene rings is 1. The summed E-state index contributed by atoms with van der Waals surface area (Å²) < 4.78 is 5.05. The highest BCUT2D eigenvalue weighted by Crippen LogP contribution is 2.36. The van der Waals surface area contributed by atoms with Gasteiger partial charge in [0.25, 0.3) is 5.91 Å². The average molecular weight is 234 g/mol. The number of hydrogen-bond donors (Lipinski definition) is 2. The first-order valence-electron chi connectivity index (χ1n) is 5.83. The number of methoxy groups -OCH3 is 1. The third kappa shape index (κ3) is 2.70. The van der Waals surface area contributed by atoms with Gasteiger partial charge < -0.3 is 15.8 Å². The van der Waals surface area contributed by atoms with E-state index in [9.17, 15) is 4.79 Å². The summed E-state index contributed by atoms with van der Waals surface area (Å²) in [6.07, 6.45) is 1.21. The number of ether oxygens (including phenoxy) is 1. The van der Waals surface area contributed by atoms with Gasteiger partial charge in [0.2, 0.25) is 0 Å². The molecule has 92 valence electrons. The Morgan fingerprint density at radius 1 is 1.59 bits per heavy atom. The Labute approximate surface area is 101 Å². The van der Waals surface area contributed by atoms with Crippen LogP contribution < -0.4 is 15.8 Å². The van der Waals surface area contributed by atoms with Crippen LogP contribution in [0.5, 0.6) is 5.75 Å². The molecule has 1 aliphatic rings. The first kappa shape index (κ1) is 11.8. The lowest BCUT2D eigenvalue weighted by molar-refractivity contribution is 0.0951. The zero-order valence-electron chi connectivity index (χ0n) is 10.2. The predicted molar refractivity (Wildman–Crippen MR) is 67.0 cm³/mol. The van der Waals surface area contributed by atoms with Crippen LogP contribution in [0.4, 0.5) is 5.69 Å². The highest BCUT2D eigenvalue weighted by atomic mass is 16.5. The van der Waals surface area contributed by atoms with Gasteiger partial charge in [0.15, 0.2) is 0 Å². The molecular formula is C13H18N2O2. The van der Waals surface area contributed by atoms with Crippen molar-refractivity contribution >= 4 is 11.6 Å². The van der Waals surface area contributed by atoms with Crippen molar-refractivity contribution in [3.05, 3.63) is 23.8 Å². The molecule has 1 saturated carbocycles. The van der Waals surface area contributed by atoms with Crippen molar-refractivity contribution < 1.29 is 9.53 Å². The smallest absolute Gasteiger partial charge is 0.251 e. The number of nitrogens with two attached hydrogens (primary N) is 1. The minimum Gasteiger partial charge on any atom is -0.495 e. The largest absolute Gasteiger partial charge is 0.495 e. The Morgan fingerprint density at radius 2 is 2.29 bits per heavy atom. The molecule has 17 heavy (non-hydrogen) atoms. The van der Waals surface area contributed by atoms with Crippen LogP contribution >= 0.6 is 0 Å². The van der Waals surface area contributed by atoms with Gasteiger partial charge in [0.05, 0.1) is 12.8 Å². The number of carbonyl (C=O) groups is 1. The maximum Gasteiger partial charge on any atom is 0.251 e. The molecule has 0 heterocycles. The molecule has 1 amide bonds. The van der Waals surface area contributed by atoms with Crippen LogP contribution in [0.25, 0.3) is 0 Å². The van der Waals surface area contributed by atoms with Gasteiger partial charge in [-0.1, -0.05) is 6.92 Å². The van der Waals surface area contributed by atoms with Crippen LogP contribution in [-0.2, 0) is 0 Å². The van der Waals surface area contributed by atoms with E-state index in [2.05, 4.69) is 12.2 Å². The second-order valence-electron chi connectivity index (χ2n) is 4.64. The van der Waals surface area contributed by atoms with Gasteiger partial charge in [0, 0.05) is 12.1 Å². The van der Waals surface area contributed by atoms with Gasteiger partial charge in [-0.2, -0.15) is 0 Å². The molecule has 3 N–H and O–H groups in total. The number of hydrogen-bond acceptors (Lipinski definition) is 3. The number of amides is 1. The fraction of sp³-hybridized carbons (Fsp3) is 0.462. The molecule has 2 unspecified atom stereocenters. The average Bonchev–Trinajstić information content (AvgIpc) is 3.02. The van der Waals surface area contributed by atoms with Crippen LogP contribution in [0.3, 0.4) is 0 Å². The predicted octanol–water partition coefficient (Wildman–Crippen LogP) is 1.66. The molecule has 0 aromatic heterocycles. The molecule has 2 atom stereocenters. The van der Waals surface area contributed by atoms with Crippen molar-refractivity contribution in [1.82, 2.24) is 5.32 Å². The Hall–Kier alpha value is -1.71. The molecule has 1 fully saturated rings. The molecule has 0 spiro atoms. The van der Waals surface area contributed by atoms with Crippen molar-refractivity contribution in [2.24, 2.45) is 11.8 Å². The fourth-order valence-electron chi connectivity index (χ4n) is 1.88. The van der Waals surface area contributed by atoms with Crippen LogP contribution in [0, 0.1) is 11.8 Å². The fourth-order valence-corrected chi connectivity index (χ4v) is 1.88. The Balaban J connectivity index is 1.96. The van der Waals surface area contributed by atoms with Gasteiger partial charge in [0.1, 0.15) is 5.75 Å². The molecule has 0 bridgehead atoms. The van der Waals surface area contributed by atoms with E-state index >= 15 is 0 Å². The van der Waals surface area contributed by atoms with Crippen molar-refractivity contribution in [3.63, 3.8) is 0 Å². The lowest BCUT2D eigenvalue weighted by Gasteiger charge is -2.08. The molecule has 0 aliphatic heterocycles. The lowest BCUT2D eigenvalue weighted by atomic mass is 10.1. The third-order valence-electron chi connectivity index (χ3n) is 3.29. The van der Waals surface area contributed by atoms with Gasteiger partial charge in [-0.05, 0) is 36.5 Å². The van der Waals surface area contributed by atoms with Gasteiger partial charge in [-0.25, -0.2) is 0 Å². The van der Waals surface area contributed by atoms with E-state index in [1.807, 2.05) is 0 Å². The van der Waals surface area contributed by atoms with Crippen molar-refractivity contribution in [3.8, 4) is 5.75 Å². The zero-order valence-corrected chi connectivity index (χ0v) is 10.2. The van der Waals surface area contributed by atoms with Gasteiger partial charge in [-0.15, -0.1) is 0 Å². The molecule has 1 aromatic carbocycles. The number of nitrogens with one attached hydrogen (secondary N) is 1. The third-order valence-corrected chi connectivity index (χ3v) is 3.29. The SMILES string of the molecule is COc1ccc(C(=O)NCC2CC2C)cc1N. The second kappa shape index (κ2) is 4.65. The van der Waals surface area contributed by atoms with Crippen molar-refractivity contribution in [2.75, 3.05) is 19.4 Å². The summed E-state index contributed by atoms with van der Waals surface area (Å²) in [5.41, 5.74) is 6.82.